The number of carbonyl (C=O) groups is 1. The number of amides is 1. The quantitative estimate of drug-likeness (QED) is 0.652. The van der Waals surface area contributed by atoms with Gasteiger partial charge in [0.1, 0.15) is 0 Å². The van der Waals surface area contributed by atoms with E-state index in [1.54, 1.807) is 11.8 Å². The summed E-state index contributed by atoms with van der Waals surface area (Å²) in [6.45, 7) is 1.71. The van der Waals surface area contributed by atoms with Gasteiger partial charge in [-0.25, -0.2) is 0 Å². The fraction of sp³-hybridized carbons (Fsp3) is 0.900. The third-order valence-electron chi connectivity index (χ3n) is 2.27. The van der Waals surface area contributed by atoms with Crippen molar-refractivity contribution in [3.63, 3.8) is 0 Å². The third kappa shape index (κ3) is 6.02. The van der Waals surface area contributed by atoms with Gasteiger partial charge in [-0.1, -0.05) is 0 Å². The van der Waals surface area contributed by atoms with E-state index in [0.717, 1.165) is 38.2 Å². The number of nitrogens with one attached hydrogen (secondary N) is 1. The van der Waals surface area contributed by atoms with E-state index in [2.05, 4.69) is 5.32 Å². The number of aliphatic hydroxyl groups is 1. The Kier molecular flexibility index (Phi) is 6.80. The highest BCUT2D eigenvalue weighted by molar-refractivity contribution is 7.99. The molecule has 1 heterocycles. The van der Waals surface area contributed by atoms with Crippen molar-refractivity contribution in [3.8, 4) is 0 Å². The van der Waals surface area contributed by atoms with Crippen LogP contribution in [0.5, 0.6) is 0 Å². The van der Waals surface area contributed by atoms with Crippen LogP contribution in [0.3, 0.4) is 0 Å². The summed E-state index contributed by atoms with van der Waals surface area (Å²) in [6, 6.07) is 0.296. The largest absolute Gasteiger partial charge is 0.396 e. The fourth-order valence-electron chi connectivity index (χ4n) is 1.44. The minimum Gasteiger partial charge on any atom is -0.396 e. The Labute approximate surface area is 94.8 Å². The number of hydrogen-bond acceptors (Lipinski definition) is 4. The lowest BCUT2D eigenvalue weighted by Gasteiger charge is -2.22. The van der Waals surface area contributed by atoms with Crippen LogP contribution < -0.4 is 5.32 Å². The topological polar surface area (TPSA) is 58.6 Å². The van der Waals surface area contributed by atoms with E-state index in [4.69, 9.17) is 9.84 Å². The molecule has 0 saturated carbocycles. The Morgan fingerprint density at radius 2 is 2.20 bits per heavy atom. The third-order valence-corrected chi connectivity index (χ3v) is 3.31. The molecule has 1 aliphatic heterocycles. The van der Waals surface area contributed by atoms with Gasteiger partial charge in [0, 0.05) is 25.9 Å². The molecular formula is C10H19NO3S. The summed E-state index contributed by atoms with van der Waals surface area (Å²) in [5, 5.41) is 11.6. The van der Waals surface area contributed by atoms with Crippen LogP contribution in [0.1, 0.15) is 19.3 Å². The van der Waals surface area contributed by atoms with Gasteiger partial charge in [0.05, 0.1) is 5.75 Å². The van der Waals surface area contributed by atoms with Crippen LogP contribution in [0.25, 0.3) is 0 Å². The molecule has 1 aliphatic rings. The maximum absolute atomic E-state index is 11.4. The highest BCUT2D eigenvalue weighted by Gasteiger charge is 2.15. The van der Waals surface area contributed by atoms with Crippen LogP contribution in [0.4, 0.5) is 0 Å². The molecule has 0 bridgehead atoms. The van der Waals surface area contributed by atoms with E-state index in [-0.39, 0.29) is 12.5 Å². The highest BCUT2D eigenvalue weighted by Crippen LogP contribution is 2.07. The lowest BCUT2D eigenvalue weighted by molar-refractivity contribution is -0.119. The zero-order chi connectivity index (χ0) is 10.9. The first-order valence-corrected chi connectivity index (χ1v) is 6.54. The molecule has 0 radical (unpaired) electrons. The monoisotopic (exact) mass is 233 g/mol. The van der Waals surface area contributed by atoms with Gasteiger partial charge in [-0.2, -0.15) is 11.8 Å². The summed E-state index contributed by atoms with van der Waals surface area (Å²) in [5.74, 6) is 1.44. The second-order valence-electron chi connectivity index (χ2n) is 3.58. The average molecular weight is 233 g/mol. The van der Waals surface area contributed by atoms with Crippen molar-refractivity contribution in [2.24, 2.45) is 0 Å². The number of thioether (sulfide) groups is 1. The van der Waals surface area contributed by atoms with Gasteiger partial charge in [-0.05, 0) is 25.0 Å². The zero-order valence-corrected chi connectivity index (χ0v) is 9.72. The van der Waals surface area contributed by atoms with Crippen LogP contribution in [0.15, 0.2) is 0 Å². The number of carbonyl (C=O) groups excluding carboxylic acids is 1. The van der Waals surface area contributed by atoms with Crippen molar-refractivity contribution in [3.05, 3.63) is 0 Å². The van der Waals surface area contributed by atoms with E-state index in [1.807, 2.05) is 0 Å². The Bertz CT molecular complexity index is 184. The molecule has 88 valence electrons. The molecule has 0 aliphatic carbocycles. The van der Waals surface area contributed by atoms with Gasteiger partial charge in [-0.3, -0.25) is 4.79 Å². The Morgan fingerprint density at radius 1 is 1.47 bits per heavy atom. The minimum atomic E-state index is 0.102. The van der Waals surface area contributed by atoms with Crippen molar-refractivity contribution < 1.29 is 14.6 Å². The summed E-state index contributed by atoms with van der Waals surface area (Å²) >= 11 is 1.57. The summed E-state index contributed by atoms with van der Waals surface area (Å²) in [7, 11) is 0. The lowest BCUT2D eigenvalue weighted by Crippen LogP contribution is -2.39. The normalized spacial score (nSPS) is 17.7. The molecule has 4 nitrogen and oxygen atoms in total. The Balaban J connectivity index is 2.01. The molecule has 0 spiro atoms. The second-order valence-corrected chi connectivity index (χ2v) is 4.69. The van der Waals surface area contributed by atoms with Crippen LogP contribution in [-0.4, -0.2) is 48.4 Å². The van der Waals surface area contributed by atoms with Crippen molar-refractivity contribution in [2.75, 3.05) is 31.3 Å². The first-order valence-electron chi connectivity index (χ1n) is 5.38. The predicted molar refractivity (Wildman–Crippen MR) is 61.0 cm³/mol. The average Bonchev–Trinajstić information content (AvgIpc) is 2.26. The number of aliphatic hydroxyl groups excluding tert-OH is 1. The Morgan fingerprint density at radius 3 is 2.87 bits per heavy atom. The van der Waals surface area contributed by atoms with Crippen LogP contribution >= 0.6 is 11.8 Å². The molecule has 0 unspecified atom stereocenters. The van der Waals surface area contributed by atoms with Gasteiger partial charge in [0.2, 0.25) is 5.91 Å². The van der Waals surface area contributed by atoms with E-state index < -0.39 is 0 Å². The highest BCUT2D eigenvalue weighted by atomic mass is 32.2. The molecule has 15 heavy (non-hydrogen) atoms. The van der Waals surface area contributed by atoms with Crippen molar-refractivity contribution in [1.82, 2.24) is 5.32 Å². The summed E-state index contributed by atoms with van der Waals surface area (Å²) in [4.78, 5) is 11.4. The minimum absolute atomic E-state index is 0.102. The van der Waals surface area contributed by atoms with Crippen LogP contribution in [0.2, 0.25) is 0 Å². The predicted octanol–water partition coefficient (Wildman–Crippen LogP) is 0.397. The summed E-state index contributed by atoms with van der Waals surface area (Å²) < 4.78 is 5.21. The van der Waals surface area contributed by atoms with Gasteiger partial charge in [-0.15, -0.1) is 0 Å². The maximum Gasteiger partial charge on any atom is 0.230 e. The molecule has 1 saturated heterocycles. The maximum atomic E-state index is 11.4. The summed E-state index contributed by atoms with van der Waals surface area (Å²) in [5.41, 5.74) is 0. The molecule has 0 aromatic rings. The van der Waals surface area contributed by atoms with Crippen molar-refractivity contribution in [1.29, 1.82) is 0 Å². The van der Waals surface area contributed by atoms with Crippen molar-refractivity contribution >= 4 is 17.7 Å². The van der Waals surface area contributed by atoms with Gasteiger partial charge < -0.3 is 15.2 Å². The van der Waals surface area contributed by atoms with Gasteiger partial charge >= 0.3 is 0 Å². The van der Waals surface area contributed by atoms with E-state index in [0.29, 0.717) is 11.8 Å². The number of hydrogen-bond donors (Lipinski definition) is 2. The number of ether oxygens (including phenoxy) is 1. The molecule has 1 fully saturated rings. The molecule has 0 atom stereocenters. The molecule has 1 rings (SSSR count). The van der Waals surface area contributed by atoms with E-state index in [9.17, 15) is 4.79 Å². The van der Waals surface area contributed by atoms with Gasteiger partial charge in [0.15, 0.2) is 0 Å². The van der Waals surface area contributed by atoms with E-state index in [1.165, 1.54) is 0 Å². The molecule has 5 heteroatoms. The standard InChI is InChI=1S/C10H19NO3S/c12-4-1-7-15-8-10(13)11-9-2-5-14-6-3-9/h9,12H,1-8H2,(H,11,13). The molecule has 0 aromatic carbocycles. The van der Waals surface area contributed by atoms with Crippen molar-refractivity contribution in [2.45, 2.75) is 25.3 Å². The van der Waals surface area contributed by atoms with E-state index >= 15 is 0 Å². The molecule has 0 aromatic heterocycles. The smallest absolute Gasteiger partial charge is 0.230 e. The Hall–Kier alpha value is -0.260. The number of rotatable bonds is 6. The lowest BCUT2D eigenvalue weighted by atomic mass is 10.1. The first kappa shape index (κ1) is 12.8. The summed E-state index contributed by atoms with van der Waals surface area (Å²) in [6.07, 6.45) is 2.61. The molecular weight excluding hydrogens is 214 g/mol. The SMILES string of the molecule is O=C(CSCCCO)NC1CCOCC1. The van der Waals surface area contributed by atoms with Gasteiger partial charge in [0.25, 0.3) is 0 Å². The second kappa shape index (κ2) is 7.96. The first-order chi connectivity index (χ1) is 7.33. The van der Waals surface area contributed by atoms with Crippen LogP contribution in [-0.2, 0) is 9.53 Å². The van der Waals surface area contributed by atoms with Crippen LogP contribution in [0, 0.1) is 0 Å². The molecule has 2 N–H and O–H groups in total. The molecule has 1 amide bonds. The zero-order valence-electron chi connectivity index (χ0n) is 8.91. The fourth-order valence-corrected chi connectivity index (χ4v) is 2.19.